The summed E-state index contributed by atoms with van der Waals surface area (Å²) in [5.41, 5.74) is -0.317. The molecule has 0 bridgehead atoms. The molecule has 0 radical (unpaired) electrons. The Morgan fingerprint density at radius 1 is 1.39 bits per heavy atom. The van der Waals surface area contributed by atoms with E-state index in [0.29, 0.717) is 19.7 Å². The van der Waals surface area contributed by atoms with Gasteiger partial charge in [-0.05, 0) is 18.6 Å². The first-order valence-electron chi connectivity index (χ1n) is 7.65. The summed E-state index contributed by atoms with van der Waals surface area (Å²) in [4.78, 5) is 18.1. The molecule has 0 N–H and O–H groups in total. The smallest absolute Gasteiger partial charge is 0.292 e. The maximum atomic E-state index is 12.3. The van der Waals surface area contributed by atoms with Crippen LogP contribution in [0, 0.1) is 0 Å². The molecule has 2 aliphatic heterocycles. The molecular weight excluding hydrogens is 298 g/mol. The van der Waals surface area contributed by atoms with Gasteiger partial charge in [-0.2, -0.15) is 0 Å². The van der Waals surface area contributed by atoms with Crippen molar-refractivity contribution >= 4 is 5.91 Å². The van der Waals surface area contributed by atoms with E-state index >= 15 is 0 Å². The van der Waals surface area contributed by atoms with Crippen molar-refractivity contribution in [1.29, 1.82) is 0 Å². The van der Waals surface area contributed by atoms with E-state index in [1.54, 1.807) is 23.4 Å². The molecule has 2 fully saturated rings. The minimum absolute atomic E-state index is 0.0143. The van der Waals surface area contributed by atoms with Crippen LogP contribution in [0.3, 0.4) is 0 Å². The molecule has 2 atom stereocenters. The molecule has 1 amide bonds. The summed E-state index contributed by atoms with van der Waals surface area (Å²) in [6.45, 7) is 1.73. The van der Waals surface area contributed by atoms with E-state index in [-0.39, 0.29) is 23.4 Å². The first-order valence-corrected chi connectivity index (χ1v) is 7.65. The van der Waals surface area contributed by atoms with E-state index < -0.39 is 0 Å². The van der Waals surface area contributed by atoms with Crippen molar-refractivity contribution in [1.82, 2.24) is 15.0 Å². The molecule has 120 valence electrons. The topological polar surface area (TPSA) is 77.7 Å². The van der Waals surface area contributed by atoms with E-state index in [0.717, 1.165) is 18.6 Å². The number of likely N-dealkylation sites (tertiary alicyclic amines) is 1. The average molecular weight is 315 g/mol. The lowest BCUT2D eigenvalue weighted by atomic mass is 9.98. The van der Waals surface area contributed by atoms with Crippen LogP contribution < -0.4 is 4.74 Å². The van der Waals surface area contributed by atoms with Crippen molar-refractivity contribution in [2.75, 3.05) is 19.7 Å². The Labute approximate surface area is 133 Å². The van der Waals surface area contributed by atoms with Crippen LogP contribution in [0.4, 0.5) is 0 Å². The highest BCUT2D eigenvalue weighted by atomic mass is 16.6. The Morgan fingerprint density at radius 3 is 3.13 bits per heavy atom. The second-order valence-electron chi connectivity index (χ2n) is 5.98. The third kappa shape index (κ3) is 2.79. The number of hydrogen-bond acceptors (Lipinski definition) is 6. The SMILES string of the molecule is O=C(c1ccno1)N1CC[C@]2(C[C@@H](Oc3cccnc3)CO2)C1. The van der Waals surface area contributed by atoms with Gasteiger partial charge in [-0.3, -0.25) is 9.78 Å². The summed E-state index contributed by atoms with van der Waals surface area (Å²) >= 11 is 0. The summed E-state index contributed by atoms with van der Waals surface area (Å²) < 4.78 is 16.9. The molecule has 23 heavy (non-hydrogen) atoms. The minimum atomic E-state index is -0.317. The highest BCUT2D eigenvalue weighted by Crippen LogP contribution is 2.37. The predicted molar refractivity (Wildman–Crippen MR) is 79.0 cm³/mol. The Balaban J connectivity index is 1.38. The fourth-order valence-electron chi connectivity index (χ4n) is 3.27. The number of carbonyl (C=O) groups excluding carboxylic acids is 1. The van der Waals surface area contributed by atoms with Gasteiger partial charge < -0.3 is 18.9 Å². The van der Waals surface area contributed by atoms with Gasteiger partial charge in [0.15, 0.2) is 0 Å². The van der Waals surface area contributed by atoms with Crippen LogP contribution in [0.2, 0.25) is 0 Å². The quantitative estimate of drug-likeness (QED) is 0.854. The molecule has 0 saturated carbocycles. The first kappa shape index (κ1) is 14.2. The highest BCUT2D eigenvalue weighted by molar-refractivity contribution is 5.91. The zero-order chi connectivity index (χ0) is 15.7. The van der Waals surface area contributed by atoms with Gasteiger partial charge in [-0.1, -0.05) is 5.16 Å². The van der Waals surface area contributed by atoms with Crippen molar-refractivity contribution in [2.24, 2.45) is 0 Å². The second kappa shape index (κ2) is 5.66. The van der Waals surface area contributed by atoms with Crippen LogP contribution >= 0.6 is 0 Å². The van der Waals surface area contributed by atoms with E-state index in [1.807, 2.05) is 12.1 Å². The third-order valence-electron chi connectivity index (χ3n) is 4.36. The van der Waals surface area contributed by atoms with Gasteiger partial charge in [0.1, 0.15) is 11.9 Å². The average Bonchev–Trinajstić information content (AvgIpc) is 3.31. The Kier molecular flexibility index (Phi) is 3.49. The predicted octanol–water partition coefficient (Wildman–Crippen LogP) is 1.52. The van der Waals surface area contributed by atoms with Gasteiger partial charge in [-0.15, -0.1) is 0 Å². The van der Waals surface area contributed by atoms with Crippen molar-refractivity contribution in [2.45, 2.75) is 24.5 Å². The van der Waals surface area contributed by atoms with Crippen molar-refractivity contribution < 1.29 is 18.8 Å². The van der Waals surface area contributed by atoms with Gasteiger partial charge in [0, 0.05) is 25.2 Å². The molecule has 2 aliphatic rings. The second-order valence-corrected chi connectivity index (χ2v) is 5.98. The van der Waals surface area contributed by atoms with Crippen molar-refractivity contribution in [3.63, 3.8) is 0 Å². The Morgan fingerprint density at radius 2 is 2.35 bits per heavy atom. The van der Waals surface area contributed by atoms with Crippen LogP contribution in [0.1, 0.15) is 23.4 Å². The van der Waals surface area contributed by atoms with Gasteiger partial charge in [0.25, 0.3) is 5.91 Å². The van der Waals surface area contributed by atoms with Gasteiger partial charge >= 0.3 is 0 Å². The molecule has 0 aromatic carbocycles. The summed E-state index contributed by atoms with van der Waals surface area (Å²) in [5, 5.41) is 3.58. The summed E-state index contributed by atoms with van der Waals surface area (Å²) in [5.74, 6) is 0.869. The number of amides is 1. The number of nitrogens with zero attached hydrogens (tertiary/aromatic N) is 3. The molecule has 7 nitrogen and oxygen atoms in total. The van der Waals surface area contributed by atoms with Crippen LogP contribution in [-0.2, 0) is 4.74 Å². The van der Waals surface area contributed by atoms with E-state index in [2.05, 4.69) is 10.1 Å². The number of aromatic nitrogens is 2. The largest absolute Gasteiger partial charge is 0.486 e. The molecule has 0 aliphatic carbocycles. The van der Waals surface area contributed by atoms with E-state index in [4.69, 9.17) is 14.0 Å². The first-order chi connectivity index (χ1) is 11.2. The lowest BCUT2D eigenvalue weighted by Gasteiger charge is -2.22. The molecule has 0 unspecified atom stereocenters. The summed E-state index contributed by atoms with van der Waals surface area (Å²) in [6.07, 6.45) is 6.44. The number of pyridine rings is 1. The monoisotopic (exact) mass is 315 g/mol. The van der Waals surface area contributed by atoms with Gasteiger partial charge in [0.05, 0.1) is 31.1 Å². The molecule has 2 aromatic rings. The van der Waals surface area contributed by atoms with Crippen LogP contribution in [0.15, 0.2) is 41.3 Å². The van der Waals surface area contributed by atoms with Crippen molar-refractivity contribution in [3.05, 3.63) is 42.5 Å². The lowest BCUT2D eigenvalue weighted by molar-refractivity contribution is 0.00956. The van der Waals surface area contributed by atoms with Crippen LogP contribution in [0.25, 0.3) is 0 Å². The molecule has 4 heterocycles. The molecule has 7 heteroatoms. The molecule has 2 aromatic heterocycles. The number of ether oxygens (including phenoxy) is 2. The zero-order valence-electron chi connectivity index (χ0n) is 12.6. The van der Waals surface area contributed by atoms with Crippen LogP contribution in [0.5, 0.6) is 5.75 Å². The number of hydrogen-bond donors (Lipinski definition) is 0. The fourth-order valence-corrected chi connectivity index (χ4v) is 3.27. The third-order valence-corrected chi connectivity index (χ3v) is 4.36. The molecule has 4 rings (SSSR count). The molecule has 2 saturated heterocycles. The van der Waals surface area contributed by atoms with Crippen molar-refractivity contribution in [3.8, 4) is 5.75 Å². The fraction of sp³-hybridized carbons (Fsp3) is 0.438. The highest BCUT2D eigenvalue weighted by Gasteiger charge is 2.48. The summed E-state index contributed by atoms with van der Waals surface area (Å²) in [6, 6.07) is 5.30. The standard InChI is InChI=1S/C16H17N3O4/c20-15(14-3-6-18-23-14)19-7-4-16(11-19)8-13(10-21-16)22-12-2-1-5-17-9-12/h1-3,5-6,9,13H,4,7-8,10-11H2/t13-,16+/m1/s1. The van der Waals surface area contributed by atoms with E-state index in [9.17, 15) is 4.79 Å². The van der Waals surface area contributed by atoms with Gasteiger partial charge in [-0.25, -0.2) is 0 Å². The molecular formula is C16H17N3O4. The Bertz CT molecular complexity index is 676. The Hall–Kier alpha value is -2.41. The minimum Gasteiger partial charge on any atom is -0.486 e. The maximum Gasteiger partial charge on any atom is 0.292 e. The number of rotatable bonds is 3. The molecule has 1 spiro atoms. The zero-order valence-corrected chi connectivity index (χ0v) is 12.6. The van der Waals surface area contributed by atoms with Crippen LogP contribution in [-0.4, -0.2) is 52.3 Å². The lowest BCUT2D eigenvalue weighted by Crippen LogP contribution is -2.36. The normalized spacial score (nSPS) is 26.8. The van der Waals surface area contributed by atoms with Gasteiger partial charge in [0.2, 0.25) is 5.76 Å². The maximum absolute atomic E-state index is 12.3. The summed E-state index contributed by atoms with van der Waals surface area (Å²) in [7, 11) is 0. The van der Waals surface area contributed by atoms with E-state index in [1.165, 1.54) is 6.20 Å². The number of carbonyl (C=O) groups is 1.